The van der Waals surface area contributed by atoms with E-state index in [0.717, 1.165) is 25.9 Å². The highest BCUT2D eigenvalue weighted by Crippen LogP contribution is 2.19. The molecule has 12 heteroatoms. The molecule has 0 aromatic heterocycles. The molecule has 43 heavy (non-hydrogen) atoms. The monoisotopic (exact) mass is 628 g/mol. The Balaban J connectivity index is 3.55. The molecule has 0 saturated heterocycles. The maximum atomic E-state index is 9.33. The van der Waals surface area contributed by atoms with Gasteiger partial charge in [0, 0.05) is 19.6 Å². The lowest BCUT2D eigenvalue weighted by molar-refractivity contribution is -0.351. The summed E-state index contributed by atoms with van der Waals surface area (Å²) < 4.78 is 49.3. The van der Waals surface area contributed by atoms with E-state index in [1.54, 1.807) is 0 Å². The molecule has 2 unspecified atom stereocenters. The first-order valence-corrected chi connectivity index (χ1v) is 16.4. The van der Waals surface area contributed by atoms with Crippen LogP contribution in [0.4, 0.5) is 0 Å². The molecule has 0 aliphatic rings. The fraction of sp³-hybridized carbons (Fsp3) is 1.00. The number of hydrogen-bond acceptors (Lipinski definition) is 12. The predicted octanol–water partition coefficient (Wildman–Crippen LogP) is 4.11. The normalized spacial score (nSPS) is 13.1. The summed E-state index contributed by atoms with van der Waals surface area (Å²) in [4.78, 5) is 4.60. The molecule has 0 aromatic rings. The number of rotatable bonds is 38. The van der Waals surface area contributed by atoms with Gasteiger partial charge in [0.2, 0.25) is 0 Å². The van der Waals surface area contributed by atoms with Crippen LogP contribution in [0, 0.1) is 5.92 Å². The molecule has 0 heterocycles. The largest absolute Gasteiger partial charge is 0.394 e. The van der Waals surface area contributed by atoms with Gasteiger partial charge in [0.15, 0.2) is 6.29 Å². The highest BCUT2D eigenvalue weighted by atomic mass is 17.1. The van der Waals surface area contributed by atoms with Gasteiger partial charge in [-0.15, -0.1) is 0 Å². The topological polar surface area (TPSA) is 133 Å². The molecule has 2 N–H and O–H groups in total. The average molecular weight is 629 g/mol. The molecule has 0 fully saturated rings. The first-order chi connectivity index (χ1) is 21.3. The molecule has 0 radical (unpaired) electrons. The van der Waals surface area contributed by atoms with E-state index in [-0.39, 0.29) is 12.5 Å². The Morgan fingerprint density at radius 1 is 0.465 bits per heavy atom. The molecule has 0 rings (SSSR count). The quantitative estimate of drug-likeness (QED) is 0.0441. The summed E-state index contributed by atoms with van der Waals surface area (Å²) in [5.74, 6) is 0.290. The summed E-state index contributed by atoms with van der Waals surface area (Å²) in [7, 11) is 0. The van der Waals surface area contributed by atoms with Crippen LogP contribution in [0.1, 0.15) is 71.6 Å². The van der Waals surface area contributed by atoms with Gasteiger partial charge in [-0.2, -0.15) is 0 Å². The SMILES string of the molecule is CCCCCCCCC(COCCC)CC(OO)OCCOCCOCCOCCOCCOCCOCCOCCO. The molecule has 0 amide bonds. The van der Waals surface area contributed by atoms with Crippen molar-refractivity contribution >= 4 is 0 Å². The van der Waals surface area contributed by atoms with Crippen molar-refractivity contribution in [1.29, 1.82) is 0 Å². The Kier molecular flexibility index (Phi) is 37.3. The minimum atomic E-state index is -0.683. The standard InChI is InChI=1S/C31H64O12/c1-3-5-6-7-8-9-10-30(29-41-12-4-2)28-31(43-33)42-27-26-40-25-24-39-23-22-38-21-20-37-19-18-36-17-16-35-15-14-34-13-11-32/h30-33H,3-29H2,1-2H3. The lowest BCUT2D eigenvalue weighted by atomic mass is 9.97. The van der Waals surface area contributed by atoms with E-state index in [9.17, 15) is 5.26 Å². The smallest absolute Gasteiger partial charge is 0.191 e. The summed E-state index contributed by atoms with van der Waals surface area (Å²) in [6, 6.07) is 0. The number of ether oxygens (including phenoxy) is 9. The van der Waals surface area contributed by atoms with Crippen LogP contribution >= 0.6 is 0 Å². The molecular formula is C31H64O12. The van der Waals surface area contributed by atoms with E-state index in [0.29, 0.717) is 112 Å². The average Bonchev–Trinajstić information content (AvgIpc) is 3.02. The Labute approximate surface area is 260 Å². The molecule has 0 aromatic carbocycles. The van der Waals surface area contributed by atoms with Crippen molar-refractivity contribution in [3.05, 3.63) is 0 Å². The van der Waals surface area contributed by atoms with E-state index in [2.05, 4.69) is 18.7 Å². The third-order valence-electron chi connectivity index (χ3n) is 6.31. The fourth-order valence-electron chi connectivity index (χ4n) is 4.02. The predicted molar refractivity (Wildman–Crippen MR) is 163 cm³/mol. The molecule has 2 atom stereocenters. The molecule has 0 saturated carbocycles. The van der Waals surface area contributed by atoms with Gasteiger partial charge in [-0.3, -0.25) is 0 Å². The van der Waals surface area contributed by atoms with Gasteiger partial charge in [-0.25, -0.2) is 10.1 Å². The lowest BCUT2D eigenvalue weighted by Gasteiger charge is -2.22. The second-order valence-corrected chi connectivity index (χ2v) is 10.1. The van der Waals surface area contributed by atoms with Gasteiger partial charge in [0.1, 0.15) is 0 Å². The Morgan fingerprint density at radius 3 is 1.35 bits per heavy atom. The Hall–Kier alpha value is -0.480. The third-order valence-corrected chi connectivity index (χ3v) is 6.31. The second-order valence-electron chi connectivity index (χ2n) is 10.1. The number of hydrogen-bond donors (Lipinski definition) is 2. The summed E-state index contributed by atoms with van der Waals surface area (Å²) >= 11 is 0. The van der Waals surface area contributed by atoms with Crippen LogP contribution in [-0.2, 0) is 47.5 Å². The zero-order chi connectivity index (χ0) is 31.3. The van der Waals surface area contributed by atoms with Crippen molar-refractivity contribution in [3.8, 4) is 0 Å². The number of aliphatic hydroxyl groups excluding tert-OH is 1. The fourth-order valence-corrected chi connectivity index (χ4v) is 4.02. The van der Waals surface area contributed by atoms with Crippen molar-refractivity contribution in [2.24, 2.45) is 5.92 Å². The summed E-state index contributed by atoms with van der Waals surface area (Å²) in [5, 5.41) is 17.9. The van der Waals surface area contributed by atoms with E-state index >= 15 is 0 Å². The second kappa shape index (κ2) is 37.7. The molecular weight excluding hydrogens is 564 g/mol. The molecule has 12 nitrogen and oxygen atoms in total. The van der Waals surface area contributed by atoms with Crippen molar-refractivity contribution in [2.45, 2.75) is 77.9 Å². The van der Waals surface area contributed by atoms with Crippen molar-refractivity contribution in [2.75, 3.05) is 119 Å². The van der Waals surface area contributed by atoms with E-state index < -0.39 is 6.29 Å². The summed E-state index contributed by atoms with van der Waals surface area (Å²) in [5.41, 5.74) is 0. The minimum Gasteiger partial charge on any atom is -0.394 e. The molecule has 260 valence electrons. The van der Waals surface area contributed by atoms with Crippen LogP contribution in [0.15, 0.2) is 0 Å². The van der Waals surface area contributed by atoms with E-state index in [4.69, 9.17) is 47.7 Å². The Morgan fingerprint density at radius 2 is 0.907 bits per heavy atom. The van der Waals surface area contributed by atoms with Gasteiger partial charge < -0.3 is 47.7 Å². The summed E-state index contributed by atoms with van der Waals surface area (Å²) in [6.07, 6.45) is 9.46. The molecule has 0 aliphatic carbocycles. The highest BCUT2D eigenvalue weighted by Gasteiger charge is 2.18. The van der Waals surface area contributed by atoms with Crippen LogP contribution in [0.5, 0.6) is 0 Å². The molecule has 0 bridgehead atoms. The van der Waals surface area contributed by atoms with Crippen molar-refractivity contribution in [1.82, 2.24) is 0 Å². The van der Waals surface area contributed by atoms with Crippen LogP contribution in [0.3, 0.4) is 0 Å². The van der Waals surface area contributed by atoms with E-state index in [1.807, 2.05) is 0 Å². The van der Waals surface area contributed by atoms with Gasteiger partial charge in [0.05, 0.1) is 106 Å². The highest BCUT2D eigenvalue weighted by molar-refractivity contribution is 4.62. The van der Waals surface area contributed by atoms with Gasteiger partial charge >= 0.3 is 0 Å². The van der Waals surface area contributed by atoms with Gasteiger partial charge in [-0.1, -0.05) is 52.4 Å². The van der Waals surface area contributed by atoms with E-state index in [1.165, 1.54) is 32.1 Å². The zero-order valence-electron chi connectivity index (χ0n) is 27.2. The zero-order valence-corrected chi connectivity index (χ0v) is 27.2. The summed E-state index contributed by atoms with van der Waals surface area (Å²) in [6.45, 7) is 12.6. The maximum Gasteiger partial charge on any atom is 0.191 e. The van der Waals surface area contributed by atoms with Crippen LogP contribution in [0.2, 0.25) is 0 Å². The lowest BCUT2D eigenvalue weighted by Crippen LogP contribution is -2.24. The Bertz CT molecular complexity index is 503. The number of aliphatic hydroxyl groups is 1. The third kappa shape index (κ3) is 34.2. The number of unbranched alkanes of at least 4 members (excludes halogenated alkanes) is 5. The minimum absolute atomic E-state index is 0.0237. The molecule has 0 spiro atoms. The van der Waals surface area contributed by atoms with Gasteiger partial charge in [0.25, 0.3) is 0 Å². The molecule has 0 aliphatic heterocycles. The van der Waals surface area contributed by atoms with Crippen LogP contribution < -0.4 is 0 Å². The maximum absolute atomic E-state index is 9.33. The van der Waals surface area contributed by atoms with Crippen LogP contribution in [-0.4, -0.2) is 136 Å². The first kappa shape index (κ1) is 42.5. The first-order valence-electron chi connectivity index (χ1n) is 16.4. The van der Waals surface area contributed by atoms with Crippen molar-refractivity contribution < 1.29 is 57.9 Å². The van der Waals surface area contributed by atoms with Gasteiger partial charge in [-0.05, 0) is 18.8 Å². The van der Waals surface area contributed by atoms with Crippen LogP contribution in [0.25, 0.3) is 0 Å². The van der Waals surface area contributed by atoms with Crippen molar-refractivity contribution in [3.63, 3.8) is 0 Å².